The van der Waals surface area contributed by atoms with E-state index in [2.05, 4.69) is 17.1 Å². The monoisotopic (exact) mass is 276 g/mol. The van der Waals surface area contributed by atoms with Gasteiger partial charge in [-0.3, -0.25) is 4.90 Å². The lowest BCUT2D eigenvalue weighted by atomic mass is 10.0. The van der Waals surface area contributed by atoms with Gasteiger partial charge in [-0.05, 0) is 18.1 Å². The zero-order valence-electron chi connectivity index (χ0n) is 12.1. The maximum Gasteiger partial charge on any atom is 0.336 e. The van der Waals surface area contributed by atoms with Gasteiger partial charge in [-0.2, -0.15) is 0 Å². The first-order chi connectivity index (χ1) is 9.70. The molecule has 0 radical (unpaired) electrons. The van der Waals surface area contributed by atoms with Gasteiger partial charge in [-0.25, -0.2) is 4.79 Å². The van der Waals surface area contributed by atoms with E-state index in [0.29, 0.717) is 11.6 Å². The fourth-order valence-corrected chi connectivity index (χ4v) is 2.79. The largest absolute Gasteiger partial charge is 0.478 e. The van der Waals surface area contributed by atoms with E-state index in [-0.39, 0.29) is 0 Å². The Morgan fingerprint density at radius 1 is 1.45 bits per heavy atom. The number of benzene rings is 1. The van der Waals surface area contributed by atoms with Crippen LogP contribution in [0.15, 0.2) is 24.3 Å². The molecule has 4 heteroatoms. The van der Waals surface area contributed by atoms with Crippen LogP contribution in [-0.4, -0.2) is 41.7 Å². The zero-order chi connectivity index (χ0) is 14.4. The molecule has 1 aromatic rings. The number of rotatable bonds is 6. The van der Waals surface area contributed by atoms with Crippen LogP contribution in [-0.2, 0) is 6.54 Å². The van der Waals surface area contributed by atoms with Crippen LogP contribution in [0.25, 0.3) is 0 Å². The van der Waals surface area contributed by atoms with E-state index in [1.54, 1.807) is 12.1 Å². The average molecular weight is 276 g/mol. The van der Waals surface area contributed by atoms with Gasteiger partial charge in [0.15, 0.2) is 0 Å². The van der Waals surface area contributed by atoms with Crippen molar-refractivity contribution in [1.29, 1.82) is 0 Å². The third-order valence-electron chi connectivity index (χ3n) is 3.89. The lowest BCUT2D eigenvalue weighted by Gasteiger charge is -2.34. The van der Waals surface area contributed by atoms with Crippen molar-refractivity contribution in [2.24, 2.45) is 0 Å². The van der Waals surface area contributed by atoms with Crippen molar-refractivity contribution in [1.82, 2.24) is 10.2 Å². The summed E-state index contributed by atoms with van der Waals surface area (Å²) >= 11 is 0. The lowest BCUT2D eigenvalue weighted by Crippen LogP contribution is -2.50. The average Bonchev–Trinajstić information content (AvgIpc) is 2.46. The van der Waals surface area contributed by atoms with Crippen LogP contribution in [0, 0.1) is 0 Å². The first-order valence-corrected chi connectivity index (χ1v) is 7.47. The Kier molecular flexibility index (Phi) is 5.56. The number of carboxylic acids is 1. The number of carboxylic acid groups (broad SMARTS) is 1. The maximum absolute atomic E-state index is 11.2. The quantitative estimate of drug-likeness (QED) is 0.837. The fourth-order valence-electron chi connectivity index (χ4n) is 2.79. The van der Waals surface area contributed by atoms with Crippen LogP contribution in [0.4, 0.5) is 0 Å². The molecular weight excluding hydrogens is 252 g/mol. The van der Waals surface area contributed by atoms with Crippen LogP contribution in [0.5, 0.6) is 0 Å². The highest BCUT2D eigenvalue weighted by molar-refractivity contribution is 5.89. The Labute approximate surface area is 120 Å². The number of hydrogen-bond donors (Lipinski definition) is 2. The highest BCUT2D eigenvalue weighted by Gasteiger charge is 2.20. The summed E-state index contributed by atoms with van der Waals surface area (Å²) < 4.78 is 0. The molecule has 4 nitrogen and oxygen atoms in total. The first-order valence-electron chi connectivity index (χ1n) is 7.47. The van der Waals surface area contributed by atoms with Crippen LogP contribution in [0.2, 0.25) is 0 Å². The third-order valence-corrected chi connectivity index (χ3v) is 3.89. The number of piperazine rings is 1. The standard InChI is InChI=1S/C16H24N2O2/c1-2-3-7-14-12-18(10-9-17-14)11-13-6-4-5-8-15(13)16(19)20/h4-6,8,14,17H,2-3,7,9-12H2,1H3,(H,19,20)/t14-/m0/s1. The molecule has 0 aromatic heterocycles. The number of hydrogen-bond acceptors (Lipinski definition) is 3. The third kappa shape index (κ3) is 4.05. The molecule has 0 saturated carbocycles. The van der Waals surface area contributed by atoms with E-state index in [0.717, 1.165) is 31.7 Å². The van der Waals surface area contributed by atoms with Crippen molar-refractivity contribution in [2.75, 3.05) is 19.6 Å². The van der Waals surface area contributed by atoms with Gasteiger partial charge < -0.3 is 10.4 Å². The van der Waals surface area contributed by atoms with E-state index < -0.39 is 5.97 Å². The Balaban J connectivity index is 1.97. The summed E-state index contributed by atoms with van der Waals surface area (Å²) in [7, 11) is 0. The topological polar surface area (TPSA) is 52.6 Å². The number of unbranched alkanes of at least 4 members (excludes halogenated alkanes) is 1. The van der Waals surface area contributed by atoms with E-state index in [4.69, 9.17) is 0 Å². The number of carbonyl (C=O) groups is 1. The highest BCUT2D eigenvalue weighted by Crippen LogP contribution is 2.14. The predicted octanol–water partition coefficient (Wildman–Crippen LogP) is 2.35. The van der Waals surface area contributed by atoms with Crippen molar-refractivity contribution >= 4 is 5.97 Å². The molecule has 0 unspecified atom stereocenters. The Hall–Kier alpha value is -1.39. The summed E-state index contributed by atoms with van der Waals surface area (Å²) in [6.45, 7) is 5.92. The Morgan fingerprint density at radius 3 is 3.00 bits per heavy atom. The molecule has 1 aliphatic rings. The van der Waals surface area contributed by atoms with E-state index >= 15 is 0 Å². The molecule has 0 bridgehead atoms. The molecule has 110 valence electrons. The molecule has 2 N–H and O–H groups in total. The minimum Gasteiger partial charge on any atom is -0.478 e. The fraction of sp³-hybridized carbons (Fsp3) is 0.562. The SMILES string of the molecule is CCCC[C@H]1CN(Cc2ccccc2C(=O)O)CCN1. The molecule has 0 spiro atoms. The number of nitrogens with zero attached hydrogens (tertiary/aromatic N) is 1. The van der Waals surface area contributed by atoms with Gasteiger partial charge >= 0.3 is 5.97 Å². The van der Waals surface area contributed by atoms with Crippen molar-refractivity contribution in [3.05, 3.63) is 35.4 Å². The van der Waals surface area contributed by atoms with Crippen LogP contribution >= 0.6 is 0 Å². The summed E-state index contributed by atoms with van der Waals surface area (Å²) in [6, 6.07) is 7.86. The predicted molar refractivity (Wildman–Crippen MR) is 80.0 cm³/mol. The van der Waals surface area contributed by atoms with Crippen molar-refractivity contribution in [2.45, 2.75) is 38.8 Å². The van der Waals surface area contributed by atoms with E-state index in [9.17, 15) is 9.90 Å². The van der Waals surface area contributed by atoms with Crippen LogP contribution in [0.3, 0.4) is 0 Å². The van der Waals surface area contributed by atoms with Crippen LogP contribution in [0.1, 0.15) is 42.1 Å². The maximum atomic E-state index is 11.2. The smallest absolute Gasteiger partial charge is 0.336 e. The normalized spacial score (nSPS) is 19.9. The lowest BCUT2D eigenvalue weighted by molar-refractivity contribution is 0.0694. The van der Waals surface area contributed by atoms with Crippen molar-refractivity contribution in [3.63, 3.8) is 0 Å². The van der Waals surface area contributed by atoms with E-state index in [1.807, 2.05) is 12.1 Å². The second kappa shape index (κ2) is 7.41. The van der Waals surface area contributed by atoms with Gasteiger partial charge in [0, 0.05) is 32.2 Å². The highest BCUT2D eigenvalue weighted by atomic mass is 16.4. The van der Waals surface area contributed by atoms with Gasteiger partial charge in [0.2, 0.25) is 0 Å². The minimum absolute atomic E-state index is 0.427. The van der Waals surface area contributed by atoms with Gasteiger partial charge in [-0.1, -0.05) is 38.0 Å². The molecular formula is C16H24N2O2. The number of aromatic carboxylic acids is 1. The molecule has 1 aromatic carbocycles. The molecule has 2 rings (SSSR count). The van der Waals surface area contributed by atoms with E-state index in [1.165, 1.54) is 19.3 Å². The van der Waals surface area contributed by atoms with Gasteiger partial charge in [0.1, 0.15) is 0 Å². The molecule has 1 heterocycles. The molecule has 20 heavy (non-hydrogen) atoms. The summed E-state index contributed by atoms with van der Waals surface area (Å²) in [6.07, 6.45) is 3.67. The second-order valence-electron chi connectivity index (χ2n) is 5.49. The zero-order valence-corrected chi connectivity index (χ0v) is 12.1. The molecule has 0 aliphatic carbocycles. The summed E-state index contributed by atoms with van der Waals surface area (Å²) in [5.41, 5.74) is 1.34. The molecule has 1 fully saturated rings. The van der Waals surface area contributed by atoms with Gasteiger partial charge in [0.05, 0.1) is 5.56 Å². The summed E-state index contributed by atoms with van der Waals surface area (Å²) in [5, 5.41) is 12.8. The summed E-state index contributed by atoms with van der Waals surface area (Å²) in [4.78, 5) is 13.6. The second-order valence-corrected chi connectivity index (χ2v) is 5.49. The Bertz CT molecular complexity index is 448. The van der Waals surface area contributed by atoms with Gasteiger partial charge in [0.25, 0.3) is 0 Å². The number of nitrogens with one attached hydrogen (secondary N) is 1. The van der Waals surface area contributed by atoms with Crippen LogP contribution < -0.4 is 5.32 Å². The Morgan fingerprint density at radius 2 is 2.25 bits per heavy atom. The first kappa shape index (κ1) is 15.0. The molecule has 0 amide bonds. The van der Waals surface area contributed by atoms with Gasteiger partial charge in [-0.15, -0.1) is 0 Å². The minimum atomic E-state index is -0.835. The summed E-state index contributed by atoms with van der Waals surface area (Å²) in [5.74, 6) is -0.835. The van der Waals surface area contributed by atoms with Crippen molar-refractivity contribution < 1.29 is 9.90 Å². The molecule has 1 atom stereocenters. The van der Waals surface area contributed by atoms with Crippen molar-refractivity contribution in [3.8, 4) is 0 Å². The molecule has 1 aliphatic heterocycles. The molecule has 1 saturated heterocycles.